The molecule has 0 aliphatic carbocycles. The fraction of sp³-hybridized carbons (Fsp3) is 0.778. The number of carbonyl (C=O) groups excluding carboxylic acids is 1. The molecular weight excluding hydrogens is 156 g/mol. The van der Waals surface area contributed by atoms with E-state index >= 15 is 0 Å². The minimum absolute atomic E-state index is 0.292. The van der Waals surface area contributed by atoms with Gasteiger partial charge in [0.05, 0.1) is 5.92 Å². The maximum Gasteiger partial charge on any atom is 0.306 e. The van der Waals surface area contributed by atoms with Crippen molar-refractivity contribution >= 4 is 12.3 Å². The largest absolute Gasteiger partial charge is 0.481 e. The van der Waals surface area contributed by atoms with E-state index in [9.17, 15) is 9.59 Å². The standard InChI is InChI=1S/C9H16O3/c1-7(5-6-10)3-4-8(2)9(11)12/h6-8H,3-5H2,1-2H3,(H,11,12). The minimum Gasteiger partial charge on any atom is -0.481 e. The van der Waals surface area contributed by atoms with Gasteiger partial charge in [0, 0.05) is 6.42 Å². The van der Waals surface area contributed by atoms with E-state index in [1.807, 2.05) is 6.92 Å². The van der Waals surface area contributed by atoms with Crippen LogP contribution in [0.4, 0.5) is 0 Å². The van der Waals surface area contributed by atoms with E-state index in [0.717, 1.165) is 12.7 Å². The third-order valence-corrected chi connectivity index (χ3v) is 2.01. The van der Waals surface area contributed by atoms with Crippen LogP contribution < -0.4 is 0 Å². The number of rotatable bonds is 6. The molecule has 0 saturated heterocycles. The second-order valence-electron chi connectivity index (χ2n) is 3.32. The van der Waals surface area contributed by atoms with Gasteiger partial charge in [-0.2, -0.15) is 0 Å². The van der Waals surface area contributed by atoms with Crippen molar-refractivity contribution in [1.82, 2.24) is 0 Å². The van der Waals surface area contributed by atoms with E-state index in [4.69, 9.17) is 5.11 Å². The average molecular weight is 172 g/mol. The Hall–Kier alpha value is -0.860. The Kier molecular flexibility index (Phi) is 5.34. The number of hydrogen-bond acceptors (Lipinski definition) is 2. The van der Waals surface area contributed by atoms with Crippen LogP contribution >= 0.6 is 0 Å². The van der Waals surface area contributed by atoms with Crippen LogP contribution in [-0.4, -0.2) is 17.4 Å². The van der Waals surface area contributed by atoms with Crippen LogP contribution in [0.15, 0.2) is 0 Å². The van der Waals surface area contributed by atoms with Crippen LogP contribution in [0.2, 0.25) is 0 Å². The number of carboxylic acid groups (broad SMARTS) is 1. The van der Waals surface area contributed by atoms with Crippen LogP contribution in [0, 0.1) is 11.8 Å². The highest BCUT2D eigenvalue weighted by Gasteiger charge is 2.11. The molecule has 1 N–H and O–H groups in total. The zero-order valence-corrected chi connectivity index (χ0v) is 7.62. The zero-order chi connectivity index (χ0) is 9.56. The summed E-state index contributed by atoms with van der Waals surface area (Å²) in [6, 6.07) is 0. The third kappa shape index (κ3) is 4.88. The van der Waals surface area contributed by atoms with Crippen LogP contribution in [0.3, 0.4) is 0 Å². The van der Waals surface area contributed by atoms with Gasteiger partial charge in [0.25, 0.3) is 0 Å². The zero-order valence-electron chi connectivity index (χ0n) is 7.62. The molecule has 0 bridgehead atoms. The van der Waals surface area contributed by atoms with Gasteiger partial charge in [0.1, 0.15) is 6.29 Å². The summed E-state index contributed by atoms with van der Waals surface area (Å²) in [5.41, 5.74) is 0. The third-order valence-electron chi connectivity index (χ3n) is 2.01. The second-order valence-corrected chi connectivity index (χ2v) is 3.32. The molecule has 0 aromatic carbocycles. The highest BCUT2D eigenvalue weighted by molar-refractivity contribution is 5.69. The molecule has 0 saturated carbocycles. The summed E-state index contributed by atoms with van der Waals surface area (Å²) >= 11 is 0. The molecule has 0 rings (SSSR count). The first kappa shape index (κ1) is 11.1. The molecular formula is C9H16O3. The van der Waals surface area contributed by atoms with Crippen LogP contribution in [0.25, 0.3) is 0 Å². The number of aldehydes is 1. The number of aliphatic carboxylic acids is 1. The second kappa shape index (κ2) is 5.75. The van der Waals surface area contributed by atoms with Gasteiger partial charge >= 0.3 is 5.97 Å². The topological polar surface area (TPSA) is 54.4 Å². The van der Waals surface area contributed by atoms with Gasteiger partial charge in [-0.1, -0.05) is 13.8 Å². The van der Waals surface area contributed by atoms with Crippen molar-refractivity contribution in [2.75, 3.05) is 0 Å². The predicted octanol–water partition coefficient (Wildman–Crippen LogP) is 1.71. The Morgan fingerprint density at radius 2 is 2.00 bits per heavy atom. The monoisotopic (exact) mass is 172 g/mol. The van der Waals surface area contributed by atoms with Crippen molar-refractivity contribution in [3.05, 3.63) is 0 Å². The molecule has 0 aromatic heterocycles. The number of carbonyl (C=O) groups is 2. The average Bonchev–Trinajstić information content (AvgIpc) is 2.00. The molecule has 2 atom stereocenters. The van der Waals surface area contributed by atoms with E-state index in [-0.39, 0.29) is 5.92 Å². The van der Waals surface area contributed by atoms with Gasteiger partial charge in [-0.25, -0.2) is 0 Å². The molecule has 3 nitrogen and oxygen atoms in total. The van der Waals surface area contributed by atoms with Crippen molar-refractivity contribution in [1.29, 1.82) is 0 Å². The summed E-state index contributed by atoms with van der Waals surface area (Å²) in [6.45, 7) is 3.65. The molecule has 0 spiro atoms. The molecule has 0 aromatic rings. The molecule has 0 amide bonds. The van der Waals surface area contributed by atoms with Crippen molar-refractivity contribution in [3.63, 3.8) is 0 Å². The Labute approximate surface area is 72.8 Å². The van der Waals surface area contributed by atoms with Gasteiger partial charge in [-0.3, -0.25) is 4.79 Å². The molecule has 2 unspecified atom stereocenters. The summed E-state index contributed by atoms with van der Waals surface area (Å²) in [6.07, 6.45) is 2.89. The Morgan fingerprint density at radius 3 is 2.42 bits per heavy atom. The van der Waals surface area contributed by atoms with E-state index in [1.165, 1.54) is 0 Å². The van der Waals surface area contributed by atoms with Crippen LogP contribution in [-0.2, 0) is 9.59 Å². The predicted molar refractivity (Wildman–Crippen MR) is 45.9 cm³/mol. The van der Waals surface area contributed by atoms with Gasteiger partial charge in [-0.15, -0.1) is 0 Å². The molecule has 0 aliphatic heterocycles. The fourth-order valence-corrected chi connectivity index (χ4v) is 0.940. The highest BCUT2D eigenvalue weighted by atomic mass is 16.4. The lowest BCUT2D eigenvalue weighted by Crippen LogP contribution is -2.10. The van der Waals surface area contributed by atoms with Crippen molar-refractivity contribution in [2.24, 2.45) is 11.8 Å². The maximum atomic E-state index is 10.4. The molecule has 3 heteroatoms. The number of hydrogen-bond donors (Lipinski definition) is 1. The summed E-state index contributed by atoms with van der Waals surface area (Å²) in [7, 11) is 0. The van der Waals surface area contributed by atoms with Gasteiger partial charge < -0.3 is 9.90 Å². The lowest BCUT2D eigenvalue weighted by molar-refractivity contribution is -0.141. The SMILES string of the molecule is CC(CC=O)CCC(C)C(=O)O. The quantitative estimate of drug-likeness (QED) is 0.620. The normalized spacial score (nSPS) is 15.2. The van der Waals surface area contributed by atoms with Crippen molar-refractivity contribution in [2.45, 2.75) is 33.1 Å². The summed E-state index contributed by atoms with van der Waals surface area (Å²) in [5.74, 6) is -0.739. The first-order valence-corrected chi connectivity index (χ1v) is 4.24. The van der Waals surface area contributed by atoms with E-state index in [0.29, 0.717) is 18.8 Å². The fourth-order valence-electron chi connectivity index (χ4n) is 0.940. The molecule has 12 heavy (non-hydrogen) atoms. The summed E-state index contributed by atoms with van der Waals surface area (Å²) in [5, 5.41) is 8.56. The Bertz CT molecular complexity index is 154. The van der Waals surface area contributed by atoms with E-state index < -0.39 is 5.97 Å². The highest BCUT2D eigenvalue weighted by Crippen LogP contribution is 2.14. The lowest BCUT2D eigenvalue weighted by atomic mass is 9.96. The smallest absolute Gasteiger partial charge is 0.306 e. The van der Waals surface area contributed by atoms with Crippen LogP contribution in [0.5, 0.6) is 0 Å². The van der Waals surface area contributed by atoms with Crippen molar-refractivity contribution in [3.8, 4) is 0 Å². The molecule has 0 radical (unpaired) electrons. The lowest BCUT2D eigenvalue weighted by Gasteiger charge is -2.09. The number of carboxylic acids is 1. The molecule has 0 fully saturated rings. The minimum atomic E-state index is -0.756. The molecule has 0 aliphatic rings. The van der Waals surface area contributed by atoms with Gasteiger partial charge in [-0.05, 0) is 18.8 Å². The molecule has 0 heterocycles. The van der Waals surface area contributed by atoms with Gasteiger partial charge in [0.15, 0.2) is 0 Å². The van der Waals surface area contributed by atoms with E-state index in [2.05, 4.69) is 0 Å². The maximum absolute atomic E-state index is 10.4. The Balaban J connectivity index is 3.53. The first-order chi connectivity index (χ1) is 5.57. The Morgan fingerprint density at radius 1 is 1.42 bits per heavy atom. The van der Waals surface area contributed by atoms with Crippen LogP contribution in [0.1, 0.15) is 33.1 Å². The van der Waals surface area contributed by atoms with Gasteiger partial charge in [0.2, 0.25) is 0 Å². The molecule has 70 valence electrons. The summed E-state index contributed by atoms with van der Waals surface area (Å²) < 4.78 is 0. The first-order valence-electron chi connectivity index (χ1n) is 4.24. The van der Waals surface area contributed by atoms with Crippen molar-refractivity contribution < 1.29 is 14.7 Å². The van der Waals surface area contributed by atoms with E-state index in [1.54, 1.807) is 6.92 Å². The summed E-state index contributed by atoms with van der Waals surface area (Å²) in [4.78, 5) is 20.5.